The molecule has 20 heavy (non-hydrogen) atoms. The van der Waals surface area contributed by atoms with Gasteiger partial charge in [-0.25, -0.2) is 0 Å². The molecule has 1 aromatic carbocycles. The number of hydrogen-bond acceptors (Lipinski definition) is 4. The third kappa shape index (κ3) is 2.54. The summed E-state index contributed by atoms with van der Waals surface area (Å²) in [7, 11) is 1.29. The van der Waals surface area contributed by atoms with E-state index in [4.69, 9.17) is 4.74 Å². The molecule has 2 aromatic rings. The number of methoxy groups -OCH3 is 1. The Hall–Kier alpha value is -2.23. The largest absolute Gasteiger partial charge is 0.468 e. The molecule has 0 amide bonds. The van der Waals surface area contributed by atoms with Crippen LogP contribution in [-0.4, -0.2) is 23.8 Å². The van der Waals surface area contributed by atoms with Crippen LogP contribution in [0.25, 0.3) is 10.8 Å². The van der Waals surface area contributed by atoms with Gasteiger partial charge < -0.3 is 4.74 Å². The molecular weight excluding hydrogens is 254 g/mol. The van der Waals surface area contributed by atoms with Crippen molar-refractivity contribution < 1.29 is 14.3 Å². The van der Waals surface area contributed by atoms with Crippen LogP contribution in [0.1, 0.15) is 24.3 Å². The first-order valence-corrected chi connectivity index (χ1v) is 6.52. The Balaban J connectivity index is 2.52. The monoisotopic (exact) mass is 271 g/mol. The van der Waals surface area contributed by atoms with Crippen LogP contribution in [-0.2, 0) is 9.53 Å². The molecule has 0 saturated heterocycles. The number of pyridine rings is 1. The van der Waals surface area contributed by atoms with E-state index in [1.165, 1.54) is 7.11 Å². The average molecular weight is 271 g/mol. The zero-order valence-corrected chi connectivity index (χ0v) is 11.8. The quantitative estimate of drug-likeness (QED) is 0.487. The number of benzene rings is 1. The summed E-state index contributed by atoms with van der Waals surface area (Å²) in [5.74, 6) is -1.77. The molecule has 0 aliphatic rings. The molecule has 1 aromatic heterocycles. The summed E-state index contributed by atoms with van der Waals surface area (Å²) in [5, 5.41) is 1.69. The number of carbonyl (C=O) groups is 2. The Labute approximate surface area is 117 Å². The lowest BCUT2D eigenvalue weighted by molar-refractivity contribution is -0.144. The van der Waals surface area contributed by atoms with Crippen molar-refractivity contribution in [2.75, 3.05) is 7.11 Å². The number of nitrogens with zero attached hydrogens (tertiary/aromatic N) is 1. The minimum absolute atomic E-state index is 0.143. The molecule has 0 radical (unpaired) electrons. The molecular formula is C16H17NO3. The molecule has 0 bridgehead atoms. The van der Waals surface area contributed by atoms with Crippen molar-refractivity contribution in [3.63, 3.8) is 0 Å². The van der Waals surface area contributed by atoms with Gasteiger partial charge in [0.1, 0.15) is 11.6 Å². The molecule has 2 rings (SSSR count). The Morgan fingerprint density at radius 1 is 1.15 bits per heavy atom. The van der Waals surface area contributed by atoms with Crippen molar-refractivity contribution in [1.82, 2.24) is 4.98 Å². The molecule has 0 fully saturated rings. The maximum atomic E-state index is 12.6. The van der Waals surface area contributed by atoms with Crippen molar-refractivity contribution >= 4 is 22.5 Å². The van der Waals surface area contributed by atoms with Gasteiger partial charge in [0, 0.05) is 11.6 Å². The van der Waals surface area contributed by atoms with Gasteiger partial charge in [-0.05, 0) is 17.4 Å². The highest BCUT2D eigenvalue weighted by Gasteiger charge is 2.33. The first-order valence-electron chi connectivity index (χ1n) is 6.52. The van der Waals surface area contributed by atoms with E-state index in [-0.39, 0.29) is 11.7 Å². The number of aromatic nitrogens is 1. The van der Waals surface area contributed by atoms with E-state index in [1.54, 1.807) is 6.20 Å². The average Bonchev–Trinajstić information content (AvgIpc) is 2.46. The van der Waals surface area contributed by atoms with Crippen LogP contribution in [0.3, 0.4) is 0 Å². The first kappa shape index (κ1) is 14.2. The van der Waals surface area contributed by atoms with Gasteiger partial charge in [0.2, 0.25) is 0 Å². The van der Waals surface area contributed by atoms with E-state index in [0.717, 1.165) is 10.8 Å². The van der Waals surface area contributed by atoms with Gasteiger partial charge in [-0.1, -0.05) is 38.1 Å². The van der Waals surface area contributed by atoms with Crippen molar-refractivity contribution in [2.45, 2.75) is 13.8 Å². The van der Waals surface area contributed by atoms with Crippen LogP contribution < -0.4 is 0 Å². The number of ketones is 1. The summed E-state index contributed by atoms with van der Waals surface area (Å²) in [5.41, 5.74) is 0.326. The lowest BCUT2D eigenvalue weighted by Crippen LogP contribution is -2.30. The highest BCUT2D eigenvalue weighted by Crippen LogP contribution is 2.23. The maximum Gasteiger partial charge on any atom is 0.316 e. The predicted molar refractivity (Wildman–Crippen MR) is 76.4 cm³/mol. The van der Waals surface area contributed by atoms with Crippen LogP contribution in [0.15, 0.2) is 36.5 Å². The minimum Gasteiger partial charge on any atom is -0.468 e. The lowest BCUT2D eigenvalue weighted by Gasteiger charge is -2.17. The summed E-state index contributed by atoms with van der Waals surface area (Å²) >= 11 is 0. The van der Waals surface area contributed by atoms with Gasteiger partial charge in [-0.15, -0.1) is 0 Å². The topological polar surface area (TPSA) is 56.3 Å². The number of ether oxygens (including phenoxy) is 1. The second-order valence-corrected chi connectivity index (χ2v) is 4.99. The van der Waals surface area contributed by atoms with E-state index in [9.17, 15) is 9.59 Å². The number of rotatable bonds is 4. The number of Topliss-reactive ketones (excluding diaryl/α,β-unsaturated/α-hetero) is 1. The maximum absolute atomic E-state index is 12.6. The molecule has 4 heteroatoms. The van der Waals surface area contributed by atoms with Crippen LogP contribution in [0, 0.1) is 11.8 Å². The minimum atomic E-state index is -0.821. The summed E-state index contributed by atoms with van der Waals surface area (Å²) in [6.07, 6.45) is 1.59. The molecule has 1 unspecified atom stereocenters. The van der Waals surface area contributed by atoms with E-state index in [0.29, 0.717) is 5.69 Å². The zero-order valence-electron chi connectivity index (χ0n) is 11.8. The van der Waals surface area contributed by atoms with Crippen molar-refractivity contribution in [2.24, 2.45) is 11.8 Å². The standard InChI is InChI=1S/C16H17NO3/c1-10(2)13(16(19)20-3)15(18)14-12-7-5-4-6-11(12)8-9-17-14/h4-10,13H,1-3H3. The molecule has 1 heterocycles. The number of carbonyl (C=O) groups excluding carboxylic acids is 2. The fourth-order valence-corrected chi connectivity index (χ4v) is 2.27. The van der Waals surface area contributed by atoms with Gasteiger partial charge in [-0.3, -0.25) is 14.6 Å². The molecule has 1 atom stereocenters. The predicted octanol–water partition coefficient (Wildman–Crippen LogP) is 2.86. The Bertz CT molecular complexity index is 644. The highest BCUT2D eigenvalue weighted by molar-refractivity contribution is 6.14. The molecule has 0 aliphatic heterocycles. The second-order valence-electron chi connectivity index (χ2n) is 4.99. The van der Waals surface area contributed by atoms with Gasteiger partial charge in [0.15, 0.2) is 5.78 Å². The summed E-state index contributed by atoms with van der Waals surface area (Å²) < 4.78 is 4.74. The van der Waals surface area contributed by atoms with Gasteiger partial charge in [0.25, 0.3) is 0 Å². The first-order chi connectivity index (χ1) is 9.56. The van der Waals surface area contributed by atoms with E-state index >= 15 is 0 Å². The molecule has 0 spiro atoms. The molecule has 0 aliphatic carbocycles. The lowest BCUT2D eigenvalue weighted by atomic mass is 9.88. The fourth-order valence-electron chi connectivity index (χ4n) is 2.27. The molecule has 4 nitrogen and oxygen atoms in total. The zero-order chi connectivity index (χ0) is 14.7. The van der Waals surface area contributed by atoms with Crippen molar-refractivity contribution in [1.29, 1.82) is 0 Å². The normalized spacial score (nSPS) is 12.4. The third-order valence-corrected chi connectivity index (χ3v) is 3.31. The van der Waals surface area contributed by atoms with Gasteiger partial charge in [0.05, 0.1) is 7.11 Å². The molecule has 0 saturated carbocycles. The number of hydrogen-bond donors (Lipinski definition) is 0. The molecule has 0 N–H and O–H groups in total. The summed E-state index contributed by atoms with van der Waals surface area (Å²) in [4.78, 5) is 28.6. The molecule has 104 valence electrons. The van der Waals surface area contributed by atoms with Crippen LogP contribution in [0.5, 0.6) is 0 Å². The van der Waals surface area contributed by atoms with Crippen molar-refractivity contribution in [3.8, 4) is 0 Å². The third-order valence-electron chi connectivity index (χ3n) is 3.31. The SMILES string of the molecule is COC(=O)C(C(=O)c1nccc2ccccc12)C(C)C. The van der Waals surface area contributed by atoms with E-state index in [1.807, 2.05) is 44.2 Å². The van der Waals surface area contributed by atoms with Gasteiger partial charge >= 0.3 is 5.97 Å². The van der Waals surface area contributed by atoms with Crippen LogP contribution >= 0.6 is 0 Å². The smallest absolute Gasteiger partial charge is 0.316 e. The Morgan fingerprint density at radius 3 is 2.50 bits per heavy atom. The fraction of sp³-hybridized carbons (Fsp3) is 0.312. The van der Waals surface area contributed by atoms with Crippen LogP contribution in [0.4, 0.5) is 0 Å². The number of fused-ring (bicyclic) bond motifs is 1. The summed E-state index contributed by atoms with van der Waals surface area (Å²) in [6.45, 7) is 3.65. The highest BCUT2D eigenvalue weighted by atomic mass is 16.5. The van der Waals surface area contributed by atoms with Gasteiger partial charge in [-0.2, -0.15) is 0 Å². The van der Waals surface area contributed by atoms with Crippen LogP contribution in [0.2, 0.25) is 0 Å². The summed E-state index contributed by atoms with van der Waals surface area (Å²) in [6, 6.07) is 9.34. The second kappa shape index (κ2) is 5.82. The van der Waals surface area contributed by atoms with E-state index < -0.39 is 11.9 Å². The van der Waals surface area contributed by atoms with Crippen molar-refractivity contribution in [3.05, 3.63) is 42.2 Å². The Kier molecular flexibility index (Phi) is 4.13. The number of esters is 1. The van der Waals surface area contributed by atoms with E-state index in [2.05, 4.69) is 4.98 Å². The Morgan fingerprint density at radius 2 is 1.85 bits per heavy atom.